The number of aromatic nitrogens is 4. The number of nitrogens with zero attached hydrogens (tertiary/aromatic N) is 4. The maximum Gasteiger partial charge on any atom is 0.222 e. The first-order valence-corrected chi connectivity index (χ1v) is 9.92. The van der Waals surface area contributed by atoms with Gasteiger partial charge < -0.3 is 27.3 Å². The predicted octanol–water partition coefficient (Wildman–Crippen LogP) is 2.03. The topological polar surface area (TPSA) is 143 Å². The lowest BCUT2D eigenvalue weighted by molar-refractivity contribution is 0.406. The summed E-state index contributed by atoms with van der Waals surface area (Å²) in [4.78, 5) is 8.62. The van der Waals surface area contributed by atoms with Crippen molar-refractivity contribution in [2.45, 2.75) is 38.8 Å². The van der Waals surface area contributed by atoms with E-state index >= 15 is 0 Å². The minimum Gasteiger partial charge on any atom is -0.496 e. The molecule has 1 atom stereocenters. The summed E-state index contributed by atoms with van der Waals surface area (Å²) in [5, 5.41) is 7.97. The van der Waals surface area contributed by atoms with Crippen LogP contribution < -0.4 is 27.3 Å². The molecule has 0 radical (unpaired) electrons. The zero-order valence-corrected chi connectivity index (χ0v) is 17.1. The minimum atomic E-state index is -0.106. The second-order valence-corrected chi connectivity index (χ2v) is 7.03. The summed E-state index contributed by atoms with van der Waals surface area (Å²) in [5.41, 5.74) is 21.1. The van der Waals surface area contributed by atoms with Crippen molar-refractivity contribution in [2.75, 3.05) is 31.2 Å². The van der Waals surface area contributed by atoms with Crippen LogP contribution in [-0.2, 0) is 6.54 Å². The first-order chi connectivity index (χ1) is 14.0. The molecule has 0 bridgehead atoms. The summed E-state index contributed by atoms with van der Waals surface area (Å²) in [6, 6.07) is 5.88. The molecule has 0 saturated carbocycles. The maximum absolute atomic E-state index is 6.18. The van der Waals surface area contributed by atoms with Crippen molar-refractivity contribution < 1.29 is 4.74 Å². The number of nitrogens with two attached hydrogens (primary N) is 3. The Morgan fingerprint density at radius 2 is 2.10 bits per heavy atom. The molecule has 0 amide bonds. The minimum absolute atomic E-state index is 0.106. The third-order valence-electron chi connectivity index (χ3n) is 4.80. The van der Waals surface area contributed by atoms with Gasteiger partial charge in [-0.1, -0.05) is 25.5 Å². The van der Waals surface area contributed by atoms with Gasteiger partial charge in [0.1, 0.15) is 11.3 Å². The Kier molecular flexibility index (Phi) is 6.84. The van der Waals surface area contributed by atoms with Crippen molar-refractivity contribution >= 4 is 22.8 Å². The fourth-order valence-electron chi connectivity index (χ4n) is 3.21. The van der Waals surface area contributed by atoms with E-state index in [1.807, 2.05) is 29.1 Å². The van der Waals surface area contributed by atoms with Crippen LogP contribution in [0.3, 0.4) is 0 Å². The lowest BCUT2D eigenvalue weighted by Gasteiger charge is -2.15. The lowest BCUT2D eigenvalue weighted by atomic mass is 10.0. The Bertz CT molecular complexity index is 955. The number of nitrogens with one attached hydrogen (secondary N) is 1. The van der Waals surface area contributed by atoms with E-state index in [0.29, 0.717) is 29.9 Å². The second kappa shape index (κ2) is 9.53. The predicted molar refractivity (Wildman–Crippen MR) is 116 cm³/mol. The molecule has 7 N–H and O–H groups in total. The third kappa shape index (κ3) is 4.93. The van der Waals surface area contributed by atoms with Crippen LogP contribution in [0.5, 0.6) is 5.75 Å². The van der Waals surface area contributed by atoms with Gasteiger partial charge in [0.05, 0.1) is 19.9 Å². The normalized spacial score (nSPS) is 12.3. The molecule has 156 valence electrons. The number of methoxy groups -OCH3 is 1. The number of benzene rings is 1. The molecule has 29 heavy (non-hydrogen) atoms. The van der Waals surface area contributed by atoms with Crippen LogP contribution in [0.1, 0.15) is 43.4 Å². The van der Waals surface area contributed by atoms with Crippen molar-refractivity contribution in [3.63, 3.8) is 0 Å². The van der Waals surface area contributed by atoms with Gasteiger partial charge in [0, 0.05) is 18.2 Å². The SMILES string of the molecule is CCCCNc1nc(N)nc2cn(Cc3ccc([C@@H](N)CCN)cc3OC)nc12. The van der Waals surface area contributed by atoms with E-state index in [1.165, 1.54) is 0 Å². The summed E-state index contributed by atoms with van der Waals surface area (Å²) in [5.74, 6) is 1.66. The molecule has 0 unspecified atom stereocenters. The monoisotopic (exact) mass is 398 g/mol. The van der Waals surface area contributed by atoms with Crippen LogP contribution in [0, 0.1) is 0 Å². The van der Waals surface area contributed by atoms with Crippen LogP contribution in [0.15, 0.2) is 24.4 Å². The molecule has 0 aliphatic heterocycles. The van der Waals surface area contributed by atoms with Crippen LogP contribution in [-0.4, -0.2) is 39.9 Å². The van der Waals surface area contributed by atoms with Gasteiger partial charge in [-0.05, 0) is 31.0 Å². The highest BCUT2D eigenvalue weighted by Crippen LogP contribution is 2.26. The maximum atomic E-state index is 6.18. The van der Waals surface area contributed by atoms with E-state index in [4.69, 9.17) is 21.9 Å². The Morgan fingerprint density at radius 1 is 1.28 bits per heavy atom. The van der Waals surface area contributed by atoms with Gasteiger partial charge in [0.25, 0.3) is 0 Å². The number of hydrogen-bond donors (Lipinski definition) is 4. The molecule has 0 saturated heterocycles. The third-order valence-corrected chi connectivity index (χ3v) is 4.80. The fourth-order valence-corrected chi connectivity index (χ4v) is 3.21. The summed E-state index contributed by atoms with van der Waals surface area (Å²) < 4.78 is 7.40. The average Bonchev–Trinajstić information content (AvgIpc) is 3.10. The van der Waals surface area contributed by atoms with Crippen LogP contribution in [0.2, 0.25) is 0 Å². The molecule has 1 aromatic carbocycles. The largest absolute Gasteiger partial charge is 0.496 e. The smallest absolute Gasteiger partial charge is 0.222 e. The van der Waals surface area contributed by atoms with Crippen LogP contribution in [0.25, 0.3) is 11.0 Å². The van der Waals surface area contributed by atoms with E-state index < -0.39 is 0 Å². The molecule has 0 aliphatic carbocycles. The fraction of sp³-hybridized carbons (Fsp3) is 0.450. The Labute approximate surface area is 170 Å². The molecular weight excluding hydrogens is 368 g/mol. The highest BCUT2D eigenvalue weighted by molar-refractivity contribution is 5.85. The average molecular weight is 399 g/mol. The van der Waals surface area contributed by atoms with Gasteiger partial charge in [0.2, 0.25) is 5.95 Å². The first kappa shape index (κ1) is 20.8. The van der Waals surface area contributed by atoms with Gasteiger partial charge >= 0.3 is 0 Å². The molecule has 3 aromatic rings. The molecule has 0 spiro atoms. The molecule has 2 heterocycles. The summed E-state index contributed by atoms with van der Waals surface area (Å²) in [6.07, 6.45) is 4.73. The zero-order chi connectivity index (χ0) is 20.8. The summed E-state index contributed by atoms with van der Waals surface area (Å²) in [6.45, 7) is 4.03. The Morgan fingerprint density at radius 3 is 2.83 bits per heavy atom. The van der Waals surface area contributed by atoms with Crippen molar-refractivity contribution in [1.82, 2.24) is 19.7 Å². The summed E-state index contributed by atoms with van der Waals surface area (Å²) in [7, 11) is 1.65. The van der Waals surface area contributed by atoms with Gasteiger partial charge in [-0.3, -0.25) is 4.68 Å². The van der Waals surface area contributed by atoms with E-state index in [-0.39, 0.29) is 12.0 Å². The number of unbranched alkanes of at least 4 members (excludes halogenated alkanes) is 1. The molecule has 9 heteroatoms. The van der Waals surface area contributed by atoms with Crippen LogP contribution >= 0.6 is 0 Å². The Balaban J connectivity index is 1.87. The molecule has 2 aromatic heterocycles. The second-order valence-electron chi connectivity index (χ2n) is 7.03. The van der Waals surface area contributed by atoms with E-state index in [2.05, 4.69) is 27.3 Å². The number of rotatable bonds is 10. The highest BCUT2D eigenvalue weighted by atomic mass is 16.5. The highest BCUT2D eigenvalue weighted by Gasteiger charge is 2.14. The van der Waals surface area contributed by atoms with Gasteiger partial charge in [-0.2, -0.15) is 10.1 Å². The molecule has 0 aliphatic rings. The van der Waals surface area contributed by atoms with Crippen molar-refractivity contribution in [3.05, 3.63) is 35.5 Å². The van der Waals surface area contributed by atoms with E-state index in [1.54, 1.807) is 7.11 Å². The standard InChI is InChI=1S/C20H30N8O/c1-3-4-9-24-19-18-16(25-20(23)26-19)12-28(27-18)11-14-6-5-13(10-17(14)29-2)15(22)7-8-21/h5-6,10,12,15H,3-4,7-9,11,21-22H2,1-2H3,(H3,23,24,25,26)/t15-/m0/s1. The number of ether oxygens (including phenoxy) is 1. The van der Waals surface area contributed by atoms with E-state index in [0.717, 1.165) is 42.7 Å². The first-order valence-electron chi connectivity index (χ1n) is 9.92. The molecule has 3 rings (SSSR count). The molecule has 0 fully saturated rings. The number of anilines is 2. The zero-order valence-electron chi connectivity index (χ0n) is 17.1. The number of nitrogen functional groups attached to an aromatic ring is 1. The van der Waals surface area contributed by atoms with Crippen molar-refractivity contribution in [2.24, 2.45) is 11.5 Å². The van der Waals surface area contributed by atoms with Gasteiger partial charge in [-0.25, -0.2) is 4.98 Å². The van der Waals surface area contributed by atoms with Crippen molar-refractivity contribution in [1.29, 1.82) is 0 Å². The number of hydrogen-bond acceptors (Lipinski definition) is 8. The lowest BCUT2D eigenvalue weighted by Crippen LogP contribution is -2.15. The van der Waals surface area contributed by atoms with Crippen LogP contribution in [0.4, 0.5) is 11.8 Å². The van der Waals surface area contributed by atoms with Gasteiger partial charge in [0.15, 0.2) is 11.3 Å². The van der Waals surface area contributed by atoms with Crippen molar-refractivity contribution in [3.8, 4) is 5.75 Å². The van der Waals surface area contributed by atoms with Gasteiger partial charge in [-0.15, -0.1) is 0 Å². The Hall–Kier alpha value is -2.91. The molecule has 9 nitrogen and oxygen atoms in total. The number of fused-ring (bicyclic) bond motifs is 1. The summed E-state index contributed by atoms with van der Waals surface area (Å²) >= 11 is 0. The molecular formula is C20H30N8O. The quantitative estimate of drug-likeness (QED) is 0.380. The van der Waals surface area contributed by atoms with E-state index in [9.17, 15) is 0 Å².